The Morgan fingerprint density at radius 2 is 1.74 bits per heavy atom. The molecule has 176 valence electrons. The van der Waals surface area contributed by atoms with Gasteiger partial charge >= 0.3 is 12.1 Å². The second kappa shape index (κ2) is 12.9. The first-order valence-corrected chi connectivity index (χ1v) is 10.0. The van der Waals surface area contributed by atoms with Crippen LogP contribution in [0.1, 0.15) is 34.1 Å². The molecule has 0 aromatic rings. The minimum absolute atomic E-state index is 0.143. The molecule has 0 saturated carbocycles. The average molecular weight is 443 g/mol. The van der Waals surface area contributed by atoms with E-state index >= 15 is 0 Å². The fourth-order valence-corrected chi connectivity index (χ4v) is 2.44. The summed E-state index contributed by atoms with van der Waals surface area (Å²) in [5.41, 5.74) is -0.751. The Bertz CT molecular complexity index is 659. The number of alkyl carbamates (subject to hydrolysis) is 1. The predicted octanol–water partition coefficient (Wildman–Crippen LogP) is 0.0353. The highest BCUT2D eigenvalue weighted by atomic mass is 16.6. The second-order valence-electron chi connectivity index (χ2n) is 7.89. The first kappa shape index (κ1) is 26.4. The SMILES string of the molecule is COC(=O)[C@@H]1CCOCC=CCOC[C@H](NC(=O)OC(C)(C)C)C(=O)N[C@@H](C)C(=O)N1. The van der Waals surface area contributed by atoms with E-state index < -0.39 is 47.6 Å². The largest absolute Gasteiger partial charge is 0.467 e. The number of hydrogen-bond acceptors (Lipinski definition) is 8. The van der Waals surface area contributed by atoms with Crippen molar-refractivity contribution < 1.29 is 38.1 Å². The van der Waals surface area contributed by atoms with Crippen molar-refractivity contribution in [3.8, 4) is 0 Å². The molecule has 0 spiro atoms. The summed E-state index contributed by atoms with van der Waals surface area (Å²) in [6.45, 7) is 7.07. The minimum atomic E-state index is -1.10. The smallest absolute Gasteiger partial charge is 0.408 e. The molecule has 0 bridgehead atoms. The van der Waals surface area contributed by atoms with Crippen molar-refractivity contribution in [3.05, 3.63) is 12.2 Å². The van der Waals surface area contributed by atoms with Gasteiger partial charge in [-0.05, 0) is 27.7 Å². The fourth-order valence-electron chi connectivity index (χ4n) is 2.44. The van der Waals surface area contributed by atoms with Crippen molar-refractivity contribution in [3.63, 3.8) is 0 Å². The monoisotopic (exact) mass is 443 g/mol. The van der Waals surface area contributed by atoms with Crippen LogP contribution < -0.4 is 16.0 Å². The van der Waals surface area contributed by atoms with Crippen molar-refractivity contribution in [1.29, 1.82) is 0 Å². The van der Waals surface area contributed by atoms with E-state index in [9.17, 15) is 19.2 Å². The fraction of sp³-hybridized carbons (Fsp3) is 0.700. The van der Waals surface area contributed by atoms with Crippen molar-refractivity contribution >= 4 is 23.9 Å². The summed E-state index contributed by atoms with van der Waals surface area (Å²) in [6.07, 6.45) is 2.83. The second-order valence-corrected chi connectivity index (χ2v) is 7.89. The maximum atomic E-state index is 12.7. The van der Waals surface area contributed by atoms with Gasteiger partial charge in [0.2, 0.25) is 11.8 Å². The maximum Gasteiger partial charge on any atom is 0.408 e. The zero-order valence-electron chi connectivity index (χ0n) is 18.7. The van der Waals surface area contributed by atoms with Crippen LogP contribution in [0.3, 0.4) is 0 Å². The third-order valence-electron chi connectivity index (χ3n) is 3.99. The predicted molar refractivity (Wildman–Crippen MR) is 110 cm³/mol. The molecule has 0 aromatic carbocycles. The highest BCUT2D eigenvalue weighted by molar-refractivity contribution is 5.92. The molecule has 11 nitrogen and oxygen atoms in total. The van der Waals surface area contributed by atoms with Crippen LogP contribution in [0.2, 0.25) is 0 Å². The molecule has 3 N–H and O–H groups in total. The van der Waals surface area contributed by atoms with Gasteiger partial charge in [-0.2, -0.15) is 0 Å². The highest BCUT2D eigenvalue weighted by Crippen LogP contribution is 2.07. The number of methoxy groups -OCH3 is 1. The molecule has 1 aliphatic rings. The maximum absolute atomic E-state index is 12.7. The molecule has 11 heteroatoms. The topological polar surface area (TPSA) is 141 Å². The Hall–Kier alpha value is -2.66. The van der Waals surface area contributed by atoms with Gasteiger partial charge < -0.3 is 34.9 Å². The van der Waals surface area contributed by atoms with Crippen LogP contribution in [0.15, 0.2) is 12.2 Å². The van der Waals surface area contributed by atoms with E-state index in [-0.39, 0.29) is 32.8 Å². The summed E-state index contributed by atoms with van der Waals surface area (Å²) in [6, 6.07) is -3.01. The Morgan fingerprint density at radius 1 is 1.10 bits per heavy atom. The molecule has 1 heterocycles. The van der Waals surface area contributed by atoms with E-state index in [1.54, 1.807) is 32.9 Å². The number of amides is 3. The summed E-state index contributed by atoms with van der Waals surface area (Å²) < 4.78 is 20.7. The van der Waals surface area contributed by atoms with Gasteiger partial charge in [0.05, 0.1) is 26.9 Å². The van der Waals surface area contributed by atoms with E-state index in [0.29, 0.717) is 0 Å². The van der Waals surface area contributed by atoms with Gasteiger partial charge in [0.1, 0.15) is 23.7 Å². The zero-order valence-corrected chi connectivity index (χ0v) is 18.7. The summed E-state index contributed by atoms with van der Waals surface area (Å²) in [4.78, 5) is 49.2. The molecule has 3 atom stereocenters. The van der Waals surface area contributed by atoms with E-state index in [1.165, 1.54) is 14.0 Å². The van der Waals surface area contributed by atoms with Crippen LogP contribution >= 0.6 is 0 Å². The highest BCUT2D eigenvalue weighted by Gasteiger charge is 2.29. The number of carbonyl (C=O) groups excluding carboxylic acids is 4. The number of ether oxygens (including phenoxy) is 4. The lowest BCUT2D eigenvalue weighted by molar-refractivity contribution is -0.145. The lowest BCUT2D eigenvalue weighted by Crippen LogP contribution is -2.56. The van der Waals surface area contributed by atoms with E-state index in [2.05, 4.69) is 16.0 Å². The summed E-state index contributed by atoms with van der Waals surface area (Å²) in [5.74, 6) is -1.85. The Morgan fingerprint density at radius 3 is 2.35 bits per heavy atom. The first-order valence-electron chi connectivity index (χ1n) is 10.0. The average Bonchev–Trinajstić information content (AvgIpc) is 2.67. The molecule has 0 radical (unpaired) electrons. The van der Waals surface area contributed by atoms with Gasteiger partial charge in [0, 0.05) is 13.0 Å². The number of carbonyl (C=O) groups is 4. The van der Waals surface area contributed by atoms with Crippen molar-refractivity contribution in [2.75, 3.05) is 33.5 Å². The van der Waals surface area contributed by atoms with E-state index in [4.69, 9.17) is 18.9 Å². The van der Waals surface area contributed by atoms with Crippen LogP contribution in [-0.4, -0.2) is 81.1 Å². The Balaban J connectivity index is 2.92. The van der Waals surface area contributed by atoms with Crippen molar-refractivity contribution in [2.45, 2.75) is 57.8 Å². The number of nitrogens with one attached hydrogen (secondary N) is 3. The van der Waals surface area contributed by atoms with Crippen LogP contribution in [0, 0.1) is 0 Å². The van der Waals surface area contributed by atoms with Gasteiger partial charge in [-0.15, -0.1) is 0 Å². The van der Waals surface area contributed by atoms with E-state index in [1.807, 2.05) is 0 Å². The third kappa shape index (κ3) is 10.8. The normalized spacial score (nSPS) is 24.5. The number of esters is 1. The first-order chi connectivity index (χ1) is 14.5. The van der Waals surface area contributed by atoms with E-state index in [0.717, 1.165) is 0 Å². The number of rotatable bonds is 2. The summed E-state index contributed by atoms with van der Waals surface area (Å²) in [5, 5.41) is 7.49. The van der Waals surface area contributed by atoms with Gasteiger partial charge in [0.25, 0.3) is 0 Å². The standard InChI is InChI=1S/C20H33N3O8/c1-13-16(24)22-14(18(26)28-5)8-11-29-9-6-7-10-30-12-15(17(25)21-13)23-19(27)31-20(2,3)4/h6-7,13-15H,8-12H2,1-5H3,(H,21,25)(H,22,24)(H,23,27)/t13-,14-,15-/m0/s1. The Kier molecular flexibility index (Phi) is 11.0. The molecular formula is C20H33N3O8. The van der Waals surface area contributed by atoms with Crippen LogP contribution in [0.4, 0.5) is 4.79 Å². The molecule has 1 aliphatic heterocycles. The Labute approximate surface area is 182 Å². The van der Waals surface area contributed by atoms with Crippen molar-refractivity contribution in [1.82, 2.24) is 16.0 Å². The van der Waals surface area contributed by atoms with Gasteiger partial charge in [-0.25, -0.2) is 9.59 Å². The van der Waals surface area contributed by atoms with Crippen LogP contribution in [-0.2, 0) is 33.3 Å². The quantitative estimate of drug-likeness (QED) is 0.401. The molecule has 0 unspecified atom stereocenters. The molecule has 0 fully saturated rings. The lowest BCUT2D eigenvalue weighted by Gasteiger charge is -2.25. The van der Waals surface area contributed by atoms with Crippen molar-refractivity contribution in [2.24, 2.45) is 0 Å². The van der Waals surface area contributed by atoms with Crippen LogP contribution in [0.5, 0.6) is 0 Å². The third-order valence-corrected chi connectivity index (χ3v) is 3.99. The molecule has 0 saturated heterocycles. The molecule has 3 amide bonds. The number of hydrogen-bond donors (Lipinski definition) is 3. The summed E-state index contributed by atoms with van der Waals surface area (Å²) in [7, 11) is 1.22. The molecular weight excluding hydrogens is 410 g/mol. The van der Waals surface area contributed by atoms with Gasteiger partial charge in [0.15, 0.2) is 0 Å². The molecule has 0 aromatic heterocycles. The van der Waals surface area contributed by atoms with Gasteiger partial charge in [-0.3, -0.25) is 9.59 Å². The molecule has 1 rings (SSSR count). The lowest BCUT2D eigenvalue weighted by atomic mass is 10.2. The molecule has 0 aliphatic carbocycles. The molecule has 31 heavy (non-hydrogen) atoms. The van der Waals surface area contributed by atoms with Gasteiger partial charge in [-0.1, -0.05) is 12.2 Å². The zero-order chi connectivity index (χ0) is 23.4. The summed E-state index contributed by atoms with van der Waals surface area (Å²) >= 11 is 0. The van der Waals surface area contributed by atoms with Crippen LogP contribution in [0.25, 0.3) is 0 Å². The minimum Gasteiger partial charge on any atom is -0.467 e.